The second-order valence-electron chi connectivity index (χ2n) is 8.66. The molecule has 0 saturated carbocycles. The van der Waals surface area contributed by atoms with Gasteiger partial charge in [0.1, 0.15) is 5.71 Å². The van der Waals surface area contributed by atoms with Gasteiger partial charge in [-0.2, -0.15) is 10.4 Å². The van der Waals surface area contributed by atoms with Gasteiger partial charge in [0.05, 0.1) is 18.2 Å². The zero-order valence-electron chi connectivity index (χ0n) is 23.2. The highest BCUT2D eigenvalue weighted by molar-refractivity contribution is 6.46. The fourth-order valence-corrected chi connectivity index (χ4v) is 3.92. The number of rotatable bonds is 11. The molecule has 0 aliphatic carbocycles. The molecule has 202 valence electrons. The molecule has 0 N–H and O–H groups in total. The van der Waals surface area contributed by atoms with E-state index in [2.05, 4.69) is 72.3 Å². The number of amides is 1. The van der Waals surface area contributed by atoms with E-state index in [4.69, 9.17) is 5.26 Å². The Labute approximate surface area is 220 Å². The molecule has 8 nitrogen and oxygen atoms in total. The van der Waals surface area contributed by atoms with E-state index in [1.165, 1.54) is 12.8 Å². The largest absolute Gasteiger partial charge is 0.343 e. The molecule has 2 aliphatic rings. The first-order valence-electron chi connectivity index (χ1n) is 13.2. The first kappa shape index (κ1) is 33.2. The lowest BCUT2D eigenvalue weighted by Crippen LogP contribution is -2.48. The number of nitrogens with zero attached hydrogens (tertiary/aromatic N) is 7. The number of piperazine rings is 2. The number of likely N-dealkylation sites (N-methyl/N-ethyl adjacent to an activating group) is 1. The quantitative estimate of drug-likeness (QED) is 0.242. The van der Waals surface area contributed by atoms with Crippen molar-refractivity contribution in [2.45, 2.75) is 59.4 Å². The molecule has 0 bridgehead atoms. The lowest BCUT2D eigenvalue weighted by Gasteiger charge is -2.36. The maximum absolute atomic E-state index is 10.5. The number of aliphatic imine (C=N–C) groups is 1. The van der Waals surface area contributed by atoms with Crippen LogP contribution in [0.2, 0.25) is 0 Å². The van der Waals surface area contributed by atoms with Crippen LogP contribution in [0.1, 0.15) is 53.4 Å². The summed E-state index contributed by atoms with van der Waals surface area (Å²) in [6.07, 6.45) is 9.68. The first-order chi connectivity index (χ1) is 17.4. The van der Waals surface area contributed by atoms with Crippen LogP contribution >= 0.6 is 0 Å². The minimum absolute atomic E-state index is 0.458. The van der Waals surface area contributed by atoms with E-state index in [0.717, 1.165) is 83.2 Å². The zero-order chi connectivity index (χ0) is 27.2. The number of hydrogen-bond acceptors (Lipinski definition) is 7. The van der Waals surface area contributed by atoms with Crippen molar-refractivity contribution in [3.63, 3.8) is 0 Å². The average molecular weight is 500 g/mol. The van der Waals surface area contributed by atoms with Crippen LogP contribution in [0.15, 0.2) is 48.2 Å². The molecule has 2 fully saturated rings. The van der Waals surface area contributed by atoms with E-state index in [9.17, 15) is 4.79 Å². The molecular weight excluding hydrogens is 450 g/mol. The van der Waals surface area contributed by atoms with E-state index in [1.807, 2.05) is 11.0 Å². The number of hydrogen-bond donors (Lipinski definition) is 0. The minimum Gasteiger partial charge on any atom is -0.343 e. The van der Waals surface area contributed by atoms with Gasteiger partial charge in [0, 0.05) is 64.6 Å². The van der Waals surface area contributed by atoms with Gasteiger partial charge in [0.15, 0.2) is 0 Å². The van der Waals surface area contributed by atoms with Crippen LogP contribution < -0.4 is 0 Å². The summed E-state index contributed by atoms with van der Waals surface area (Å²) in [7, 11) is 0. The topological polar surface area (TPSA) is 78.5 Å². The summed E-state index contributed by atoms with van der Waals surface area (Å²) in [4.78, 5) is 21.5. The molecule has 0 aromatic heterocycles. The lowest BCUT2D eigenvalue weighted by atomic mass is 10.1. The molecule has 0 radical (unpaired) electrons. The molecular formula is C28H49N7O. The summed E-state index contributed by atoms with van der Waals surface area (Å²) < 4.78 is 0. The van der Waals surface area contributed by atoms with E-state index in [-0.39, 0.29) is 0 Å². The standard InChI is InChI=1S/C14H24N4.C10H20N2O.C4H5N/c1-5-13(15-7-3)14(6-2)16-18-11-9-17(8-4)10-12-18;1-3-4-10(2)12-7-5-11(9-13)6-8-12;1-2-3-4-5/h6-7H,2-3,5,8-12H2,1,4H3;9-10H,3-8H2,1-2H3;2H,1,3H2/b15-13?,16-14+;;. The number of nitriles is 1. The highest BCUT2D eigenvalue weighted by Gasteiger charge is 2.19. The second-order valence-corrected chi connectivity index (χ2v) is 8.66. The van der Waals surface area contributed by atoms with Crippen LogP contribution in [0.4, 0.5) is 0 Å². The lowest BCUT2D eigenvalue weighted by molar-refractivity contribution is -0.120. The summed E-state index contributed by atoms with van der Waals surface area (Å²) in [5.41, 5.74) is 1.81. The van der Waals surface area contributed by atoms with Crippen LogP contribution in [0.5, 0.6) is 0 Å². The number of hydrazone groups is 1. The molecule has 0 aromatic rings. The van der Waals surface area contributed by atoms with Crippen molar-refractivity contribution in [1.29, 1.82) is 5.26 Å². The van der Waals surface area contributed by atoms with Crippen LogP contribution in [0, 0.1) is 11.3 Å². The van der Waals surface area contributed by atoms with Gasteiger partial charge in [-0.3, -0.25) is 24.6 Å². The molecule has 1 atom stereocenters. The van der Waals surface area contributed by atoms with E-state index in [1.54, 1.807) is 18.4 Å². The molecule has 2 rings (SSSR count). The van der Waals surface area contributed by atoms with Crippen molar-refractivity contribution in [3.8, 4) is 6.07 Å². The summed E-state index contributed by atoms with van der Waals surface area (Å²) >= 11 is 0. The Hall–Kier alpha value is -2.76. The van der Waals surface area contributed by atoms with Crippen molar-refractivity contribution in [2.24, 2.45) is 10.1 Å². The fourth-order valence-electron chi connectivity index (χ4n) is 3.92. The molecule has 0 spiro atoms. The van der Waals surface area contributed by atoms with Crippen LogP contribution in [-0.4, -0.2) is 102 Å². The summed E-state index contributed by atoms with van der Waals surface area (Å²) in [5.74, 6) is 0. The Bertz CT molecular complexity index is 725. The smallest absolute Gasteiger partial charge is 0.209 e. The summed E-state index contributed by atoms with van der Waals surface area (Å²) in [6.45, 7) is 28.6. The first-order valence-corrected chi connectivity index (χ1v) is 13.2. The molecule has 8 heteroatoms. The Morgan fingerprint density at radius 1 is 1.03 bits per heavy atom. The van der Waals surface area contributed by atoms with E-state index in [0.29, 0.717) is 12.5 Å². The third-order valence-corrected chi connectivity index (χ3v) is 6.18. The third kappa shape index (κ3) is 14.0. The molecule has 1 unspecified atom stereocenters. The highest BCUT2D eigenvalue weighted by Crippen LogP contribution is 2.09. The Balaban J connectivity index is 0.000000593. The predicted octanol–water partition coefficient (Wildman–Crippen LogP) is 4.20. The third-order valence-electron chi connectivity index (χ3n) is 6.18. The average Bonchev–Trinajstić information content (AvgIpc) is 2.92. The Morgan fingerprint density at radius 2 is 1.67 bits per heavy atom. The van der Waals surface area contributed by atoms with Crippen molar-refractivity contribution in [2.75, 3.05) is 58.9 Å². The van der Waals surface area contributed by atoms with Crippen LogP contribution in [-0.2, 0) is 4.79 Å². The van der Waals surface area contributed by atoms with Gasteiger partial charge < -0.3 is 4.90 Å². The highest BCUT2D eigenvalue weighted by atomic mass is 16.1. The van der Waals surface area contributed by atoms with Crippen molar-refractivity contribution in [3.05, 3.63) is 38.1 Å². The van der Waals surface area contributed by atoms with Gasteiger partial charge in [0.25, 0.3) is 0 Å². The maximum Gasteiger partial charge on any atom is 0.209 e. The van der Waals surface area contributed by atoms with Crippen LogP contribution in [0.3, 0.4) is 0 Å². The molecule has 2 heterocycles. The van der Waals surface area contributed by atoms with Gasteiger partial charge in [-0.05, 0) is 32.4 Å². The summed E-state index contributed by atoms with van der Waals surface area (Å²) in [5, 5.41) is 14.5. The molecule has 36 heavy (non-hydrogen) atoms. The van der Waals surface area contributed by atoms with Crippen molar-refractivity contribution in [1.82, 2.24) is 19.7 Å². The van der Waals surface area contributed by atoms with Crippen molar-refractivity contribution < 1.29 is 4.79 Å². The number of carbonyl (C=O) groups is 1. The minimum atomic E-state index is 0.458. The molecule has 2 saturated heterocycles. The number of carbonyl (C=O) groups excluding carboxylic acids is 1. The molecule has 2 aliphatic heterocycles. The maximum atomic E-state index is 10.5. The van der Waals surface area contributed by atoms with Crippen molar-refractivity contribution >= 4 is 17.8 Å². The van der Waals surface area contributed by atoms with Gasteiger partial charge in [-0.1, -0.05) is 46.4 Å². The normalized spacial score (nSPS) is 18.0. The fraction of sp³-hybridized carbons (Fsp3) is 0.643. The second kappa shape index (κ2) is 21.5. The SMILES string of the molecule is C=CCC#N.C=CN=C(CC)/C(C=C)=N/N1CCN(CC)CC1.CCCC(C)N1CCN(C=O)CC1. The molecule has 0 aromatic carbocycles. The van der Waals surface area contributed by atoms with Gasteiger partial charge in [0.2, 0.25) is 6.41 Å². The summed E-state index contributed by atoms with van der Waals surface area (Å²) in [6, 6.07) is 2.58. The van der Waals surface area contributed by atoms with E-state index >= 15 is 0 Å². The van der Waals surface area contributed by atoms with E-state index < -0.39 is 0 Å². The van der Waals surface area contributed by atoms with Gasteiger partial charge in [-0.25, -0.2) is 0 Å². The van der Waals surface area contributed by atoms with Gasteiger partial charge in [-0.15, -0.1) is 6.58 Å². The monoisotopic (exact) mass is 499 g/mol. The Morgan fingerprint density at radius 3 is 2.06 bits per heavy atom. The van der Waals surface area contributed by atoms with Crippen LogP contribution in [0.25, 0.3) is 0 Å². The zero-order valence-corrected chi connectivity index (χ0v) is 23.2. The number of allylic oxidation sites excluding steroid dienone is 2. The molecule has 1 amide bonds. The Kier molecular flexibility index (Phi) is 19.9. The van der Waals surface area contributed by atoms with Gasteiger partial charge >= 0.3 is 0 Å². The predicted molar refractivity (Wildman–Crippen MR) is 153 cm³/mol.